The van der Waals surface area contributed by atoms with Crippen LogP contribution in [0.5, 0.6) is 0 Å². The lowest BCUT2D eigenvalue weighted by Gasteiger charge is -2.08. The third-order valence-corrected chi connectivity index (χ3v) is 4.03. The molecule has 0 aliphatic carbocycles. The van der Waals surface area contributed by atoms with E-state index >= 15 is 0 Å². The minimum Gasteiger partial charge on any atom is -0.478 e. The Bertz CT molecular complexity index is 745. The van der Waals surface area contributed by atoms with Crippen LogP contribution < -0.4 is 5.32 Å². The average Bonchev–Trinajstić information content (AvgIpc) is 2.54. The van der Waals surface area contributed by atoms with Crippen molar-refractivity contribution in [2.45, 2.75) is 9.79 Å². The minimum absolute atomic E-state index is 0.301. The van der Waals surface area contributed by atoms with E-state index in [4.69, 9.17) is 5.11 Å². The third-order valence-electron chi connectivity index (χ3n) is 2.90. The van der Waals surface area contributed by atoms with Crippen molar-refractivity contribution in [1.82, 2.24) is 0 Å². The summed E-state index contributed by atoms with van der Waals surface area (Å²) in [5.74, 6) is -2.53. The Kier molecular flexibility index (Phi) is 2.94. The van der Waals surface area contributed by atoms with E-state index in [0.717, 1.165) is 12.1 Å². The normalized spacial score (nSPS) is 12.9. The van der Waals surface area contributed by atoms with Gasteiger partial charge in [0.1, 0.15) is 5.82 Å². The van der Waals surface area contributed by atoms with E-state index in [1.165, 1.54) is 11.8 Å². The fourth-order valence-electron chi connectivity index (χ4n) is 1.95. The maximum absolute atomic E-state index is 13.7. The quantitative estimate of drug-likeness (QED) is 0.845. The summed E-state index contributed by atoms with van der Waals surface area (Å²) < 4.78 is 13.7. The second-order valence-corrected chi connectivity index (χ2v) is 5.27. The summed E-state index contributed by atoms with van der Waals surface area (Å²) in [5, 5.41) is 11.5. The fraction of sp³-hybridized carbons (Fsp3) is 0. The first-order valence-corrected chi connectivity index (χ1v) is 6.53. The van der Waals surface area contributed by atoms with Crippen LogP contribution in [0.25, 0.3) is 0 Å². The average molecular weight is 289 g/mol. The molecule has 0 fully saturated rings. The lowest BCUT2D eigenvalue weighted by atomic mass is 10.1. The monoisotopic (exact) mass is 289 g/mol. The second kappa shape index (κ2) is 4.64. The standard InChI is InChI=1S/C14H8FNO3S/c15-9-6-12-10(5-8(9)14(18)19)16-13(17)7-3-1-2-4-11(7)20-12/h1-6H,(H,16,17)(H,18,19). The zero-order valence-electron chi connectivity index (χ0n) is 10.0. The number of carbonyl (C=O) groups excluding carboxylic acids is 1. The van der Waals surface area contributed by atoms with Crippen molar-refractivity contribution in [2.24, 2.45) is 0 Å². The predicted molar refractivity (Wildman–Crippen MR) is 71.9 cm³/mol. The molecule has 6 heteroatoms. The third kappa shape index (κ3) is 2.04. The van der Waals surface area contributed by atoms with Crippen LogP contribution in [0.2, 0.25) is 0 Å². The number of carbonyl (C=O) groups is 2. The van der Waals surface area contributed by atoms with E-state index in [9.17, 15) is 14.0 Å². The van der Waals surface area contributed by atoms with E-state index in [-0.39, 0.29) is 5.91 Å². The van der Waals surface area contributed by atoms with Crippen molar-refractivity contribution in [3.63, 3.8) is 0 Å². The Labute approximate surface area is 117 Å². The molecular formula is C14H8FNO3S. The summed E-state index contributed by atoms with van der Waals surface area (Å²) in [5.41, 5.74) is 0.316. The summed E-state index contributed by atoms with van der Waals surface area (Å²) in [6.45, 7) is 0. The SMILES string of the molecule is O=C(O)c1cc2c(cc1F)Sc1ccccc1C(=O)N2. The number of hydrogen-bond donors (Lipinski definition) is 2. The van der Waals surface area contributed by atoms with Crippen LogP contribution in [-0.2, 0) is 0 Å². The number of benzene rings is 2. The summed E-state index contributed by atoms with van der Waals surface area (Å²) in [4.78, 5) is 24.2. The van der Waals surface area contributed by atoms with Gasteiger partial charge in [0.05, 0.1) is 16.8 Å². The molecule has 0 bridgehead atoms. The van der Waals surface area contributed by atoms with Gasteiger partial charge in [-0.3, -0.25) is 4.79 Å². The van der Waals surface area contributed by atoms with E-state index in [1.807, 2.05) is 0 Å². The first-order valence-electron chi connectivity index (χ1n) is 5.71. The van der Waals surface area contributed by atoms with E-state index in [1.54, 1.807) is 24.3 Å². The van der Waals surface area contributed by atoms with Gasteiger partial charge in [-0.05, 0) is 24.3 Å². The van der Waals surface area contributed by atoms with Crippen molar-refractivity contribution in [2.75, 3.05) is 5.32 Å². The highest BCUT2D eigenvalue weighted by atomic mass is 32.2. The Balaban J connectivity index is 2.17. The smallest absolute Gasteiger partial charge is 0.338 e. The number of anilines is 1. The molecule has 0 saturated carbocycles. The van der Waals surface area contributed by atoms with Gasteiger partial charge < -0.3 is 10.4 Å². The highest BCUT2D eigenvalue weighted by molar-refractivity contribution is 7.99. The lowest BCUT2D eigenvalue weighted by Crippen LogP contribution is -2.12. The maximum atomic E-state index is 13.7. The van der Waals surface area contributed by atoms with Gasteiger partial charge in [0.15, 0.2) is 0 Å². The molecular weight excluding hydrogens is 281 g/mol. The molecule has 2 N–H and O–H groups in total. The van der Waals surface area contributed by atoms with Crippen molar-refractivity contribution < 1.29 is 19.1 Å². The van der Waals surface area contributed by atoms with Gasteiger partial charge in [-0.15, -0.1) is 0 Å². The molecule has 1 aliphatic heterocycles. The molecule has 0 saturated heterocycles. The number of aromatic carboxylic acids is 1. The first-order chi connectivity index (χ1) is 9.56. The molecule has 3 rings (SSSR count). The number of carboxylic acids is 1. The van der Waals surface area contributed by atoms with Crippen LogP contribution in [-0.4, -0.2) is 17.0 Å². The van der Waals surface area contributed by atoms with Gasteiger partial charge >= 0.3 is 5.97 Å². The molecule has 1 aliphatic rings. The van der Waals surface area contributed by atoms with Crippen LogP contribution in [0.3, 0.4) is 0 Å². The molecule has 20 heavy (non-hydrogen) atoms. The van der Waals surface area contributed by atoms with E-state index < -0.39 is 17.3 Å². The summed E-state index contributed by atoms with van der Waals surface area (Å²) in [7, 11) is 0. The van der Waals surface area contributed by atoms with Gasteiger partial charge in [0, 0.05) is 9.79 Å². The minimum atomic E-state index is -1.37. The number of nitrogens with one attached hydrogen (secondary N) is 1. The molecule has 0 aromatic heterocycles. The summed E-state index contributed by atoms with van der Waals surface area (Å²) in [6, 6.07) is 9.22. The summed E-state index contributed by atoms with van der Waals surface area (Å²) >= 11 is 1.23. The van der Waals surface area contributed by atoms with Crippen LogP contribution in [0.4, 0.5) is 10.1 Å². The van der Waals surface area contributed by atoms with Gasteiger partial charge in [-0.2, -0.15) is 0 Å². The van der Waals surface area contributed by atoms with Crippen LogP contribution in [0.1, 0.15) is 20.7 Å². The Morgan fingerprint density at radius 1 is 1.20 bits per heavy atom. The van der Waals surface area contributed by atoms with Crippen molar-refractivity contribution in [1.29, 1.82) is 0 Å². The first kappa shape index (κ1) is 12.7. The number of rotatable bonds is 1. The molecule has 0 atom stereocenters. The van der Waals surface area contributed by atoms with Gasteiger partial charge in [0.2, 0.25) is 0 Å². The zero-order chi connectivity index (χ0) is 14.3. The van der Waals surface area contributed by atoms with Gasteiger partial charge in [-0.1, -0.05) is 23.9 Å². The molecule has 4 nitrogen and oxygen atoms in total. The summed E-state index contributed by atoms with van der Waals surface area (Å²) in [6.07, 6.45) is 0. The molecule has 2 aromatic rings. The topological polar surface area (TPSA) is 66.4 Å². The molecule has 100 valence electrons. The van der Waals surface area contributed by atoms with Crippen molar-refractivity contribution in [3.05, 3.63) is 53.3 Å². The highest BCUT2D eigenvalue weighted by Crippen LogP contribution is 2.39. The zero-order valence-corrected chi connectivity index (χ0v) is 10.8. The molecule has 1 amide bonds. The number of amides is 1. The maximum Gasteiger partial charge on any atom is 0.338 e. The van der Waals surface area contributed by atoms with Crippen LogP contribution in [0.15, 0.2) is 46.2 Å². The Morgan fingerprint density at radius 2 is 1.95 bits per heavy atom. The number of carboxylic acid groups (broad SMARTS) is 1. The van der Waals surface area contributed by atoms with E-state index in [2.05, 4.69) is 5.32 Å². The molecule has 0 unspecified atom stereocenters. The van der Waals surface area contributed by atoms with Gasteiger partial charge in [-0.25, -0.2) is 9.18 Å². The second-order valence-electron chi connectivity index (χ2n) is 4.19. The molecule has 0 spiro atoms. The van der Waals surface area contributed by atoms with Crippen LogP contribution in [0, 0.1) is 5.82 Å². The molecule has 2 aromatic carbocycles. The Morgan fingerprint density at radius 3 is 2.70 bits per heavy atom. The van der Waals surface area contributed by atoms with E-state index in [0.29, 0.717) is 21.0 Å². The largest absolute Gasteiger partial charge is 0.478 e. The highest BCUT2D eigenvalue weighted by Gasteiger charge is 2.22. The Hall–Kier alpha value is -2.34. The van der Waals surface area contributed by atoms with Crippen LogP contribution >= 0.6 is 11.8 Å². The lowest BCUT2D eigenvalue weighted by molar-refractivity contribution is 0.0691. The van der Waals surface area contributed by atoms with Crippen molar-refractivity contribution in [3.8, 4) is 0 Å². The molecule has 0 radical (unpaired) electrons. The predicted octanol–water partition coefficient (Wildman–Crippen LogP) is 3.24. The number of hydrogen-bond acceptors (Lipinski definition) is 3. The fourth-order valence-corrected chi connectivity index (χ4v) is 2.99. The molecule has 1 heterocycles. The van der Waals surface area contributed by atoms with Crippen molar-refractivity contribution >= 4 is 29.3 Å². The van der Waals surface area contributed by atoms with Gasteiger partial charge in [0.25, 0.3) is 5.91 Å². The number of fused-ring (bicyclic) bond motifs is 2. The number of halogens is 1.